The van der Waals surface area contributed by atoms with Gasteiger partial charge in [0.1, 0.15) is 12.7 Å². The fourth-order valence-electron chi connectivity index (χ4n) is 1.91. The minimum absolute atomic E-state index is 0.750. The Balaban J connectivity index is 1.96. The van der Waals surface area contributed by atoms with Gasteiger partial charge in [-0.25, -0.2) is 9.67 Å². The highest BCUT2D eigenvalue weighted by Crippen LogP contribution is 2.14. The van der Waals surface area contributed by atoms with Crippen molar-refractivity contribution in [2.75, 3.05) is 11.9 Å². The van der Waals surface area contributed by atoms with Crippen molar-refractivity contribution < 1.29 is 0 Å². The van der Waals surface area contributed by atoms with E-state index in [-0.39, 0.29) is 0 Å². The summed E-state index contributed by atoms with van der Waals surface area (Å²) in [6.45, 7) is 5.52. The minimum Gasteiger partial charge on any atom is -0.385 e. The van der Waals surface area contributed by atoms with Crippen LogP contribution in [-0.2, 0) is 0 Å². The summed E-state index contributed by atoms with van der Waals surface area (Å²) in [6, 6.07) is 8.26. The Labute approximate surface area is 108 Å². The first-order chi connectivity index (χ1) is 8.83. The number of aromatic nitrogens is 3. The van der Waals surface area contributed by atoms with Crippen molar-refractivity contribution in [1.29, 1.82) is 0 Å². The molecule has 1 aromatic carbocycles. The van der Waals surface area contributed by atoms with Gasteiger partial charge in [0.05, 0.1) is 5.69 Å². The molecular formula is C14H20N4. The zero-order chi connectivity index (χ0) is 12.8. The number of rotatable bonds is 6. The Morgan fingerprint density at radius 2 is 1.89 bits per heavy atom. The third-order valence-corrected chi connectivity index (χ3v) is 3.30. The van der Waals surface area contributed by atoms with E-state index in [9.17, 15) is 0 Å². The molecule has 2 rings (SSSR count). The molecule has 2 aromatic rings. The van der Waals surface area contributed by atoms with E-state index < -0.39 is 0 Å². The normalized spacial score (nSPS) is 10.8. The lowest BCUT2D eigenvalue weighted by Crippen LogP contribution is -2.12. The molecule has 0 aliphatic heterocycles. The van der Waals surface area contributed by atoms with Gasteiger partial charge < -0.3 is 5.32 Å². The van der Waals surface area contributed by atoms with E-state index in [2.05, 4.69) is 41.4 Å². The first-order valence-electron chi connectivity index (χ1n) is 6.52. The summed E-state index contributed by atoms with van der Waals surface area (Å²) < 4.78 is 1.75. The second-order valence-corrected chi connectivity index (χ2v) is 4.45. The SMILES string of the molecule is CCC(CC)CNc1ccc(-n2cncn2)cc1. The molecule has 0 spiro atoms. The van der Waals surface area contributed by atoms with Crippen LogP contribution in [0.3, 0.4) is 0 Å². The van der Waals surface area contributed by atoms with Crippen LogP contribution in [0.15, 0.2) is 36.9 Å². The highest BCUT2D eigenvalue weighted by atomic mass is 15.3. The predicted molar refractivity (Wildman–Crippen MR) is 73.9 cm³/mol. The van der Waals surface area contributed by atoms with Crippen LogP contribution < -0.4 is 5.32 Å². The van der Waals surface area contributed by atoms with Gasteiger partial charge in [-0.1, -0.05) is 26.7 Å². The molecule has 0 unspecified atom stereocenters. The summed E-state index contributed by atoms with van der Waals surface area (Å²) in [6.07, 6.45) is 5.69. The predicted octanol–water partition coefficient (Wildman–Crippen LogP) is 3.12. The van der Waals surface area contributed by atoms with Crippen molar-refractivity contribution in [2.45, 2.75) is 26.7 Å². The van der Waals surface area contributed by atoms with Gasteiger partial charge in [0.2, 0.25) is 0 Å². The quantitative estimate of drug-likeness (QED) is 0.849. The summed E-state index contributed by atoms with van der Waals surface area (Å²) in [7, 11) is 0. The topological polar surface area (TPSA) is 42.7 Å². The van der Waals surface area contributed by atoms with Crippen LogP contribution in [-0.4, -0.2) is 21.3 Å². The highest BCUT2D eigenvalue weighted by Gasteiger charge is 2.03. The fraction of sp³-hybridized carbons (Fsp3) is 0.429. The van der Waals surface area contributed by atoms with E-state index >= 15 is 0 Å². The zero-order valence-corrected chi connectivity index (χ0v) is 11.0. The molecule has 0 aliphatic rings. The maximum atomic E-state index is 4.10. The lowest BCUT2D eigenvalue weighted by Gasteiger charge is -2.14. The fourth-order valence-corrected chi connectivity index (χ4v) is 1.91. The molecule has 1 heterocycles. The Hall–Kier alpha value is -1.84. The summed E-state index contributed by atoms with van der Waals surface area (Å²) in [5.74, 6) is 0.750. The average Bonchev–Trinajstić information content (AvgIpc) is 2.94. The van der Waals surface area contributed by atoms with Gasteiger partial charge in [-0.2, -0.15) is 5.10 Å². The van der Waals surface area contributed by atoms with Crippen LogP contribution in [0.2, 0.25) is 0 Å². The molecule has 0 fully saturated rings. The first-order valence-corrected chi connectivity index (χ1v) is 6.52. The molecule has 0 amide bonds. The van der Waals surface area contributed by atoms with Gasteiger partial charge in [0, 0.05) is 12.2 Å². The van der Waals surface area contributed by atoms with Crippen molar-refractivity contribution in [3.05, 3.63) is 36.9 Å². The van der Waals surface area contributed by atoms with Crippen LogP contribution in [0.25, 0.3) is 5.69 Å². The highest BCUT2D eigenvalue weighted by molar-refractivity contribution is 5.48. The summed E-state index contributed by atoms with van der Waals surface area (Å²) in [4.78, 5) is 3.94. The van der Waals surface area contributed by atoms with Crippen LogP contribution in [0.4, 0.5) is 5.69 Å². The molecular weight excluding hydrogens is 224 g/mol. The molecule has 0 saturated heterocycles. The first kappa shape index (κ1) is 12.6. The molecule has 4 nitrogen and oxygen atoms in total. The number of nitrogens with zero attached hydrogens (tertiary/aromatic N) is 3. The average molecular weight is 244 g/mol. The van der Waals surface area contributed by atoms with Gasteiger partial charge in [-0.05, 0) is 30.2 Å². The number of anilines is 1. The maximum Gasteiger partial charge on any atom is 0.138 e. The third-order valence-electron chi connectivity index (χ3n) is 3.30. The zero-order valence-electron chi connectivity index (χ0n) is 11.0. The van der Waals surface area contributed by atoms with E-state index in [1.54, 1.807) is 17.3 Å². The summed E-state index contributed by atoms with van der Waals surface area (Å²) in [5.41, 5.74) is 2.19. The molecule has 1 N–H and O–H groups in total. The Morgan fingerprint density at radius 3 is 2.44 bits per heavy atom. The van der Waals surface area contributed by atoms with Crippen molar-refractivity contribution in [2.24, 2.45) is 5.92 Å². The Morgan fingerprint density at radius 1 is 1.17 bits per heavy atom. The second-order valence-electron chi connectivity index (χ2n) is 4.45. The van der Waals surface area contributed by atoms with Crippen molar-refractivity contribution in [3.8, 4) is 5.69 Å². The molecule has 0 atom stereocenters. The van der Waals surface area contributed by atoms with Crippen LogP contribution in [0.5, 0.6) is 0 Å². The van der Waals surface area contributed by atoms with Crippen LogP contribution in [0, 0.1) is 5.92 Å². The maximum absolute atomic E-state index is 4.10. The van der Waals surface area contributed by atoms with E-state index in [1.807, 2.05) is 12.1 Å². The third kappa shape index (κ3) is 3.09. The van der Waals surface area contributed by atoms with Gasteiger partial charge in [-0.15, -0.1) is 0 Å². The van der Waals surface area contributed by atoms with Crippen LogP contribution >= 0.6 is 0 Å². The van der Waals surface area contributed by atoms with Gasteiger partial charge in [-0.3, -0.25) is 0 Å². The molecule has 0 radical (unpaired) electrons. The molecule has 18 heavy (non-hydrogen) atoms. The van der Waals surface area contributed by atoms with Crippen LogP contribution in [0.1, 0.15) is 26.7 Å². The van der Waals surface area contributed by atoms with Crippen molar-refractivity contribution in [1.82, 2.24) is 14.8 Å². The standard InChI is InChI=1S/C14H20N4/c1-3-12(4-2)9-16-13-5-7-14(8-6-13)18-11-15-10-17-18/h5-8,10-12,16H,3-4,9H2,1-2H3. The van der Waals surface area contributed by atoms with Gasteiger partial charge >= 0.3 is 0 Å². The second kappa shape index (κ2) is 6.19. The molecule has 0 bridgehead atoms. The smallest absolute Gasteiger partial charge is 0.138 e. The number of nitrogens with one attached hydrogen (secondary N) is 1. The molecule has 0 aliphatic carbocycles. The largest absolute Gasteiger partial charge is 0.385 e. The number of benzene rings is 1. The van der Waals surface area contributed by atoms with Crippen molar-refractivity contribution >= 4 is 5.69 Å². The monoisotopic (exact) mass is 244 g/mol. The molecule has 0 saturated carbocycles. The number of hydrogen-bond donors (Lipinski definition) is 1. The lowest BCUT2D eigenvalue weighted by molar-refractivity contribution is 0.519. The Kier molecular flexibility index (Phi) is 4.34. The van der Waals surface area contributed by atoms with E-state index in [4.69, 9.17) is 0 Å². The molecule has 96 valence electrons. The van der Waals surface area contributed by atoms with Gasteiger partial charge in [0.15, 0.2) is 0 Å². The minimum atomic E-state index is 0.750. The summed E-state index contributed by atoms with van der Waals surface area (Å²) >= 11 is 0. The van der Waals surface area contributed by atoms with E-state index in [0.29, 0.717) is 0 Å². The molecule has 4 heteroatoms. The van der Waals surface area contributed by atoms with E-state index in [1.165, 1.54) is 12.8 Å². The Bertz CT molecular complexity index is 443. The van der Waals surface area contributed by atoms with Crippen molar-refractivity contribution in [3.63, 3.8) is 0 Å². The molecule has 1 aromatic heterocycles. The lowest BCUT2D eigenvalue weighted by atomic mass is 10.0. The summed E-state index contributed by atoms with van der Waals surface area (Å²) in [5, 5.41) is 7.58. The van der Waals surface area contributed by atoms with Gasteiger partial charge in [0.25, 0.3) is 0 Å². The van der Waals surface area contributed by atoms with E-state index in [0.717, 1.165) is 23.8 Å². The number of hydrogen-bond acceptors (Lipinski definition) is 3.